The van der Waals surface area contributed by atoms with Gasteiger partial charge in [0, 0.05) is 17.6 Å². The summed E-state index contributed by atoms with van der Waals surface area (Å²) in [5, 5.41) is 2.44. The number of hydrogen-bond acceptors (Lipinski definition) is 9. The van der Waals surface area contributed by atoms with E-state index in [1.54, 1.807) is 13.0 Å². The molecule has 4 rings (SSSR count). The third kappa shape index (κ3) is 5.66. The summed E-state index contributed by atoms with van der Waals surface area (Å²) in [7, 11) is -3.97. The summed E-state index contributed by atoms with van der Waals surface area (Å²) in [5.74, 6) is -2.04. The van der Waals surface area contributed by atoms with Crippen LogP contribution in [0.5, 0.6) is 0 Å². The van der Waals surface area contributed by atoms with Crippen LogP contribution in [0.3, 0.4) is 0 Å². The number of hydrogen-bond donors (Lipinski definition) is 2. The molecule has 2 aromatic carbocycles. The van der Waals surface area contributed by atoms with Crippen LogP contribution >= 0.6 is 11.6 Å². The van der Waals surface area contributed by atoms with Crippen LogP contribution in [-0.4, -0.2) is 42.8 Å². The largest absolute Gasteiger partial charge is 0.462 e. The first kappa shape index (κ1) is 26.8. The first-order valence-corrected chi connectivity index (χ1v) is 13.2. The SMILES string of the molecule is CCCOC(=O)c1ccc(N2C(=O)C(Cl)=C(Nc3ccc(S(=O)(=O)Nc4nccc(C)n4)cc3)C2=O)cc1. The van der Waals surface area contributed by atoms with Gasteiger partial charge in [0.15, 0.2) is 0 Å². The first-order chi connectivity index (χ1) is 18.1. The molecule has 0 fully saturated rings. The lowest BCUT2D eigenvalue weighted by molar-refractivity contribution is -0.120. The molecule has 13 heteroatoms. The van der Waals surface area contributed by atoms with Gasteiger partial charge in [-0.2, -0.15) is 0 Å². The number of sulfonamides is 1. The Hall–Kier alpha value is -4.29. The van der Waals surface area contributed by atoms with E-state index in [0.29, 0.717) is 17.8 Å². The van der Waals surface area contributed by atoms with Crippen LogP contribution in [0.25, 0.3) is 0 Å². The minimum atomic E-state index is -3.97. The first-order valence-electron chi connectivity index (χ1n) is 11.4. The molecule has 0 radical (unpaired) electrons. The number of imide groups is 1. The second kappa shape index (κ2) is 11.0. The van der Waals surface area contributed by atoms with Crippen LogP contribution in [0.4, 0.5) is 17.3 Å². The zero-order chi connectivity index (χ0) is 27.4. The van der Waals surface area contributed by atoms with E-state index >= 15 is 0 Å². The van der Waals surface area contributed by atoms with E-state index in [1.165, 1.54) is 54.7 Å². The maximum absolute atomic E-state index is 13.0. The van der Waals surface area contributed by atoms with E-state index in [0.717, 1.165) is 4.90 Å². The molecule has 11 nitrogen and oxygen atoms in total. The number of anilines is 3. The number of nitrogens with zero attached hydrogens (tertiary/aromatic N) is 3. The molecule has 38 heavy (non-hydrogen) atoms. The van der Waals surface area contributed by atoms with Gasteiger partial charge in [0.1, 0.15) is 10.7 Å². The quantitative estimate of drug-likeness (QED) is 0.298. The highest BCUT2D eigenvalue weighted by Gasteiger charge is 2.39. The fourth-order valence-corrected chi connectivity index (χ4v) is 4.57. The lowest BCUT2D eigenvalue weighted by atomic mass is 10.2. The van der Waals surface area contributed by atoms with Crippen LogP contribution in [0, 0.1) is 6.92 Å². The lowest BCUT2D eigenvalue weighted by Crippen LogP contribution is -2.32. The number of benzene rings is 2. The topological polar surface area (TPSA) is 148 Å². The molecule has 196 valence electrons. The number of rotatable bonds is 9. The Morgan fingerprint density at radius 1 is 1.03 bits per heavy atom. The minimum Gasteiger partial charge on any atom is -0.462 e. The summed E-state index contributed by atoms with van der Waals surface area (Å²) in [4.78, 5) is 46.5. The van der Waals surface area contributed by atoms with Gasteiger partial charge in [0.05, 0.1) is 22.8 Å². The van der Waals surface area contributed by atoms with Gasteiger partial charge >= 0.3 is 5.97 Å². The summed E-state index contributed by atoms with van der Waals surface area (Å²) < 4.78 is 32.7. The highest BCUT2D eigenvalue weighted by molar-refractivity contribution is 7.92. The number of aryl methyl sites for hydroxylation is 1. The lowest BCUT2D eigenvalue weighted by Gasteiger charge is -2.15. The van der Waals surface area contributed by atoms with Gasteiger partial charge in [0.2, 0.25) is 5.95 Å². The summed E-state index contributed by atoms with van der Waals surface area (Å²) in [5.41, 5.74) is 1.23. The molecule has 1 aliphatic rings. The Labute approximate surface area is 223 Å². The van der Waals surface area contributed by atoms with Crippen molar-refractivity contribution in [1.82, 2.24) is 9.97 Å². The molecule has 2 N–H and O–H groups in total. The summed E-state index contributed by atoms with van der Waals surface area (Å²) in [6, 6.07) is 12.9. The average Bonchev–Trinajstić information content (AvgIpc) is 3.10. The van der Waals surface area contributed by atoms with Gasteiger partial charge in [-0.05, 0) is 67.9 Å². The van der Waals surface area contributed by atoms with Crippen LogP contribution in [-0.2, 0) is 24.3 Å². The highest BCUT2D eigenvalue weighted by Crippen LogP contribution is 2.30. The minimum absolute atomic E-state index is 0.0646. The predicted molar refractivity (Wildman–Crippen MR) is 140 cm³/mol. The second-order valence-electron chi connectivity index (χ2n) is 8.09. The van der Waals surface area contributed by atoms with Crippen LogP contribution in [0.15, 0.2) is 76.4 Å². The second-order valence-corrected chi connectivity index (χ2v) is 10.2. The number of carbonyl (C=O) groups is 3. The van der Waals surface area contributed by atoms with Crippen molar-refractivity contribution in [2.45, 2.75) is 25.2 Å². The number of aromatic nitrogens is 2. The van der Waals surface area contributed by atoms with Crippen molar-refractivity contribution in [3.05, 3.63) is 82.8 Å². The van der Waals surface area contributed by atoms with Crippen molar-refractivity contribution in [1.29, 1.82) is 0 Å². The Morgan fingerprint density at radius 2 is 1.71 bits per heavy atom. The Kier molecular flexibility index (Phi) is 7.74. The highest BCUT2D eigenvalue weighted by atomic mass is 35.5. The van der Waals surface area contributed by atoms with Crippen molar-refractivity contribution in [3.8, 4) is 0 Å². The van der Waals surface area contributed by atoms with Crippen molar-refractivity contribution in [2.24, 2.45) is 0 Å². The molecular formula is C25H22ClN5O6S. The van der Waals surface area contributed by atoms with Crippen LogP contribution in [0.2, 0.25) is 0 Å². The fourth-order valence-electron chi connectivity index (χ4n) is 3.41. The molecule has 1 aliphatic heterocycles. The van der Waals surface area contributed by atoms with E-state index in [4.69, 9.17) is 16.3 Å². The third-order valence-corrected chi connectivity index (χ3v) is 6.97. The smallest absolute Gasteiger partial charge is 0.338 e. The fraction of sp³-hybridized carbons (Fsp3) is 0.160. The van der Waals surface area contributed by atoms with Crippen LogP contribution in [0.1, 0.15) is 29.4 Å². The number of nitrogens with one attached hydrogen (secondary N) is 2. The monoisotopic (exact) mass is 555 g/mol. The van der Waals surface area contributed by atoms with Gasteiger partial charge in [-0.25, -0.2) is 32.8 Å². The molecule has 0 saturated carbocycles. The maximum atomic E-state index is 13.0. The van der Waals surface area contributed by atoms with Crippen molar-refractivity contribution in [2.75, 3.05) is 21.5 Å². The van der Waals surface area contributed by atoms with Gasteiger partial charge < -0.3 is 10.1 Å². The van der Waals surface area contributed by atoms with Crippen molar-refractivity contribution >= 4 is 56.7 Å². The molecule has 3 aromatic rings. The van der Waals surface area contributed by atoms with Crippen molar-refractivity contribution < 1.29 is 27.5 Å². The number of ether oxygens (including phenoxy) is 1. The molecule has 0 saturated heterocycles. The molecular weight excluding hydrogens is 534 g/mol. The van der Waals surface area contributed by atoms with Gasteiger partial charge in [0.25, 0.3) is 21.8 Å². The number of esters is 1. The third-order valence-electron chi connectivity index (χ3n) is 5.28. The molecule has 0 aliphatic carbocycles. The molecule has 0 spiro atoms. The molecule has 1 aromatic heterocycles. The van der Waals surface area contributed by atoms with E-state index in [2.05, 4.69) is 20.0 Å². The Morgan fingerprint density at radius 3 is 2.34 bits per heavy atom. The molecule has 0 atom stereocenters. The average molecular weight is 556 g/mol. The Bertz CT molecular complexity index is 1540. The van der Waals surface area contributed by atoms with E-state index in [1.807, 2.05) is 6.92 Å². The predicted octanol–water partition coefficient (Wildman–Crippen LogP) is 3.59. The maximum Gasteiger partial charge on any atom is 0.338 e. The zero-order valence-corrected chi connectivity index (χ0v) is 21.8. The van der Waals surface area contributed by atoms with Crippen molar-refractivity contribution in [3.63, 3.8) is 0 Å². The van der Waals surface area contributed by atoms with E-state index in [9.17, 15) is 22.8 Å². The summed E-state index contributed by atoms with van der Waals surface area (Å²) in [6.45, 7) is 3.86. The molecule has 0 bridgehead atoms. The standard InChI is InChI=1S/C25H22ClN5O6S/c1-3-14-37-24(34)16-4-8-18(9-5-16)31-22(32)20(26)21(23(31)33)29-17-6-10-19(11-7-17)38(35,36)30-25-27-13-12-15(2)28-25/h4-13,29H,3,14H2,1-2H3,(H,27,28,30). The normalized spacial score (nSPS) is 13.6. The number of amides is 2. The Balaban J connectivity index is 1.47. The molecule has 0 unspecified atom stereocenters. The number of halogens is 1. The summed E-state index contributed by atoms with van der Waals surface area (Å²) in [6.07, 6.45) is 2.11. The molecule has 2 amide bonds. The number of carbonyl (C=O) groups excluding carboxylic acids is 3. The van der Waals surface area contributed by atoms with Gasteiger partial charge in [-0.15, -0.1) is 0 Å². The van der Waals surface area contributed by atoms with E-state index in [-0.39, 0.29) is 39.4 Å². The van der Waals surface area contributed by atoms with E-state index < -0.39 is 27.8 Å². The van der Waals surface area contributed by atoms with Crippen LogP contribution < -0.4 is 14.9 Å². The van der Waals surface area contributed by atoms with Gasteiger partial charge in [-0.3, -0.25) is 9.59 Å². The summed E-state index contributed by atoms with van der Waals surface area (Å²) >= 11 is 6.18. The molecule has 2 heterocycles. The zero-order valence-electron chi connectivity index (χ0n) is 20.3. The van der Waals surface area contributed by atoms with Gasteiger partial charge in [-0.1, -0.05) is 18.5 Å².